The molecule has 0 amide bonds. The predicted molar refractivity (Wildman–Crippen MR) is 356 cm³/mol. The fourth-order valence-electron chi connectivity index (χ4n) is 11.6. The number of hydrogen-bond acceptors (Lipinski definition) is 2. The van der Waals surface area contributed by atoms with Gasteiger partial charge in [0.05, 0.1) is 0 Å². The van der Waals surface area contributed by atoms with Gasteiger partial charge in [-0.2, -0.15) is 0 Å². The van der Waals surface area contributed by atoms with Gasteiger partial charge in [-0.15, -0.1) is 0 Å². The fraction of sp³-hybridized carbons (Fsp3) is 0.658. The molecule has 80 heavy (non-hydrogen) atoms. The number of hydrogen-bond donors (Lipinski definition) is 0. The van der Waals surface area contributed by atoms with Crippen LogP contribution in [-0.4, -0.2) is 27.2 Å². The van der Waals surface area contributed by atoms with E-state index in [9.17, 15) is 0 Å². The molecule has 2 aromatic carbocycles. The first-order chi connectivity index (χ1) is 39.5. The minimum Gasteiger partial charge on any atom is -0.375 e. The Morgan fingerprint density at radius 1 is 0.250 bits per heavy atom. The minimum absolute atomic E-state index is 1.11. The predicted octanol–water partition coefficient (Wildman–Crippen LogP) is 22.6. The van der Waals surface area contributed by atoms with Crippen LogP contribution in [0.4, 0.5) is 11.4 Å². The van der Waals surface area contributed by atoms with Crippen LogP contribution in [-0.2, 0) is 13.1 Å². The highest BCUT2D eigenvalue weighted by Gasteiger charge is 2.06. The largest absolute Gasteiger partial charge is 0.375 e. The van der Waals surface area contributed by atoms with Crippen molar-refractivity contribution in [2.24, 2.45) is 0 Å². The van der Waals surface area contributed by atoms with Gasteiger partial charge in [0.1, 0.15) is 13.1 Å². The number of rotatable bonds is 53. The molecule has 0 atom stereocenters. The molecule has 0 aliphatic carbocycles. The molecule has 446 valence electrons. The van der Waals surface area contributed by atoms with Gasteiger partial charge >= 0.3 is 0 Å². The number of anilines is 2. The van der Waals surface area contributed by atoms with Crippen LogP contribution in [0, 0.1) is 0 Å². The summed E-state index contributed by atoms with van der Waals surface area (Å²) in [5.74, 6) is 0. The van der Waals surface area contributed by atoms with E-state index in [1.807, 2.05) is 0 Å². The molecular formula is C76H124N4+2. The summed E-state index contributed by atoms with van der Waals surface area (Å²) >= 11 is 0. The van der Waals surface area contributed by atoms with E-state index < -0.39 is 0 Å². The summed E-state index contributed by atoms with van der Waals surface area (Å²) in [7, 11) is 4.49. The molecule has 0 bridgehead atoms. The number of pyridine rings is 2. The van der Waals surface area contributed by atoms with Crippen molar-refractivity contribution < 1.29 is 9.13 Å². The van der Waals surface area contributed by atoms with Gasteiger partial charge in [0.15, 0.2) is 24.8 Å². The monoisotopic (exact) mass is 1090 g/mol. The Balaban J connectivity index is 0.909. The molecule has 0 unspecified atom stereocenters. The lowest BCUT2D eigenvalue weighted by Crippen LogP contribution is -2.32. The lowest BCUT2D eigenvalue weighted by atomic mass is 10.0. The normalized spacial score (nSPS) is 11.7. The Morgan fingerprint density at radius 2 is 0.450 bits per heavy atom. The SMILES string of the molecule is CCCCCCCCCCCCCCCCCCN(C)c1ccc(/C=C/c2cc[n+](CCCCCCCCCCCC[n+]3ccc(/C=C/c4ccc(N(C)CCCCCCCCCCCCCCCCCC)cc4)cc3)cc2)cc1. The van der Waals surface area contributed by atoms with Crippen molar-refractivity contribution in [1.82, 2.24) is 0 Å². The van der Waals surface area contributed by atoms with Gasteiger partial charge in [0.25, 0.3) is 0 Å². The zero-order valence-corrected chi connectivity index (χ0v) is 52.9. The van der Waals surface area contributed by atoms with E-state index in [1.165, 1.54) is 303 Å². The minimum atomic E-state index is 1.11. The van der Waals surface area contributed by atoms with Crippen molar-refractivity contribution in [2.75, 3.05) is 37.0 Å². The highest BCUT2D eigenvalue weighted by molar-refractivity contribution is 5.71. The smallest absolute Gasteiger partial charge is 0.169 e. The number of nitrogens with zero attached hydrogens (tertiary/aromatic N) is 4. The molecule has 0 saturated carbocycles. The maximum Gasteiger partial charge on any atom is 0.169 e. The summed E-state index contributed by atoms with van der Waals surface area (Å²) in [6.45, 7) is 9.12. The Bertz CT molecular complexity index is 1880. The van der Waals surface area contributed by atoms with Crippen molar-refractivity contribution in [2.45, 2.75) is 297 Å². The Labute approximate surface area is 495 Å². The summed E-state index contributed by atoms with van der Waals surface area (Å²) in [4.78, 5) is 4.85. The Morgan fingerprint density at radius 3 is 0.688 bits per heavy atom. The third kappa shape index (κ3) is 35.6. The summed E-state index contributed by atoms with van der Waals surface area (Å²) in [5.41, 5.74) is 7.69. The topological polar surface area (TPSA) is 14.2 Å². The molecule has 0 saturated heterocycles. The molecular weight excluding hydrogens is 969 g/mol. The van der Waals surface area contributed by atoms with E-state index in [4.69, 9.17) is 0 Å². The van der Waals surface area contributed by atoms with Gasteiger partial charge in [-0.25, -0.2) is 9.13 Å². The average molecular weight is 1090 g/mol. The van der Waals surface area contributed by atoms with Crippen molar-refractivity contribution >= 4 is 35.7 Å². The van der Waals surface area contributed by atoms with Gasteiger partial charge in [0.2, 0.25) is 0 Å². The first-order valence-corrected chi connectivity index (χ1v) is 34.5. The molecule has 2 aromatic heterocycles. The summed E-state index contributed by atoms with van der Waals surface area (Å²) < 4.78 is 4.71. The van der Waals surface area contributed by atoms with E-state index in [1.54, 1.807) is 0 Å². The summed E-state index contributed by atoms with van der Waals surface area (Å²) in [5, 5.41) is 0. The van der Waals surface area contributed by atoms with Crippen molar-refractivity contribution in [3.63, 3.8) is 0 Å². The average Bonchev–Trinajstić information content (AvgIpc) is 3.49. The molecule has 4 nitrogen and oxygen atoms in total. The van der Waals surface area contributed by atoms with E-state index in [0.29, 0.717) is 0 Å². The second-order valence-corrected chi connectivity index (χ2v) is 24.6. The zero-order chi connectivity index (χ0) is 56.4. The zero-order valence-electron chi connectivity index (χ0n) is 52.9. The van der Waals surface area contributed by atoms with Gasteiger partial charge in [-0.3, -0.25) is 0 Å². The van der Waals surface area contributed by atoms with Crippen LogP contribution < -0.4 is 18.9 Å². The van der Waals surface area contributed by atoms with E-state index in [2.05, 4.69) is 169 Å². The second-order valence-electron chi connectivity index (χ2n) is 24.6. The number of benzene rings is 2. The van der Waals surface area contributed by atoms with E-state index in [0.717, 1.165) is 26.2 Å². The van der Waals surface area contributed by atoms with Crippen LogP contribution in [0.5, 0.6) is 0 Å². The summed E-state index contributed by atoms with van der Waals surface area (Å²) in [6.07, 6.45) is 76.9. The molecule has 4 aromatic rings. The van der Waals surface area contributed by atoms with E-state index >= 15 is 0 Å². The molecule has 0 aliphatic heterocycles. The van der Waals surface area contributed by atoms with Crippen LogP contribution >= 0.6 is 0 Å². The number of aromatic nitrogens is 2. The maximum absolute atomic E-state index is 2.43. The molecule has 4 rings (SSSR count). The Kier molecular flexibility index (Phi) is 41.3. The van der Waals surface area contributed by atoms with Crippen LogP contribution in [0.2, 0.25) is 0 Å². The molecule has 0 aliphatic rings. The maximum atomic E-state index is 2.43. The molecule has 0 radical (unpaired) electrons. The third-order valence-electron chi connectivity index (χ3n) is 17.2. The first-order valence-electron chi connectivity index (χ1n) is 34.5. The van der Waals surface area contributed by atoms with Crippen molar-refractivity contribution in [1.29, 1.82) is 0 Å². The van der Waals surface area contributed by atoms with Crippen LogP contribution in [0.15, 0.2) is 97.6 Å². The lowest BCUT2D eigenvalue weighted by Gasteiger charge is -2.19. The standard InChI is InChI=1S/C76H124N4/c1-5-7-9-11-13-15-17-19-21-23-25-27-31-35-39-43-63-77(3)75-55-51-71(52-56-75)47-49-73-59-67-79(68-60-73)65-45-41-37-33-29-30-34-38-42-46-66-80-69-61-74(62-70-80)50-48-72-53-57-76(58-54-72)78(4)64-44-40-36-32-28-26-24-22-20-18-16-14-12-10-8-6-2/h47-62,67-70H,5-46,63-66H2,1-4H3/q+2. The fourth-order valence-corrected chi connectivity index (χ4v) is 11.6. The van der Waals surface area contributed by atoms with Crippen LogP contribution in [0.25, 0.3) is 24.3 Å². The highest BCUT2D eigenvalue weighted by atomic mass is 15.1. The van der Waals surface area contributed by atoms with Crippen LogP contribution in [0.1, 0.15) is 306 Å². The molecule has 0 spiro atoms. The number of aryl methyl sites for hydroxylation is 2. The first kappa shape index (κ1) is 68.3. The van der Waals surface area contributed by atoms with Crippen molar-refractivity contribution in [3.05, 3.63) is 120 Å². The highest BCUT2D eigenvalue weighted by Crippen LogP contribution is 2.21. The quantitative estimate of drug-likeness (QED) is 0.0323. The van der Waals surface area contributed by atoms with Gasteiger partial charge < -0.3 is 9.80 Å². The second kappa shape index (κ2) is 48.4. The van der Waals surface area contributed by atoms with Gasteiger partial charge in [-0.05, 0) is 72.2 Å². The number of unbranched alkanes of at least 4 members (excludes halogenated alkanes) is 39. The molecule has 4 heteroatoms. The Hall–Kier alpha value is -4.18. The molecule has 0 fully saturated rings. The lowest BCUT2D eigenvalue weighted by molar-refractivity contribution is -0.697. The summed E-state index contributed by atoms with van der Waals surface area (Å²) in [6, 6.07) is 27.2. The van der Waals surface area contributed by atoms with Crippen LogP contribution in [0.3, 0.4) is 0 Å². The third-order valence-corrected chi connectivity index (χ3v) is 17.2. The van der Waals surface area contributed by atoms with E-state index in [-0.39, 0.29) is 0 Å². The van der Waals surface area contributed by atoms with Crippen molar-refractivity contribution in [3.8, 4) is 0 Å². The van der Waals surface area contributed by atoms with Gasteiger partial charge in [0, 0.05) is 75.7 Å². The van der Waals surface area contributed by atoms with Gasteiger partial charge in [-0.1, -0.05) is 294 Å². The molecule has 2 heterocycles. The molecule has 0 N–H and O–H groups in total.